The summed E-state index contributed by atoms with van der Waals surface area (Å²) in [6, 6.07) is 5.88. The molecule has 2 N–H and O–H groups in total. The van der Waals surface area contributed by atoms with Crippen molar-refractivity contribution >= 4 is 22.7 Å². The van der Waals surface area contributed by atoms with Gasteiger partial charge >= 0.3 is 0 Å². The van der Waals surface area contributed by atoms with E-state index >= 15 is 0 Å². The van der Waals surface area contributed by atoms with E-state index in [0.29, 0.717) is 43.2 Å². The number of amides is 1. The van der Waals surface area contributed by atoms with Crippen LogP contribution in [0.5, 0.6) is 0 Å². The number of carbonyl (C=O) groups is 2. The van der Waals surface area contributed by atoms with E-state index < -0.39 is 0 Å². The quantitative estimate of drug-likeness (QED) is 0.936. The third-order valence-corrected chi connectivity index (χ3v) is 4.92. The van der Waals surface area contributed by atoms with Crippen molar-refractivity contribution in [3.8, 4) is 0 Å². The van der Waals surface area contributed by atoms with Crippen molar-refractivity contribution in [1.82, 2.24) is 4.90 Å². The Morgan fingerprint density at radius 1 is 1.33 bits per heavy atom. The topological polar surface area (TPSA) is 76.5 Å². The van der Waals surface area contributed by atoms with Gasteiger partial charge in [-0.2, -0.15) is 0 Å². The average Bonchev–Trinajstić information content (AvgIpc) is 3.05. The number of hydrogen-bond donors (Lipinski definition) is 1. The third kappa shape index (κ3) is 3.08. The van der Waals surface area contributed by atoms with E-state index in [1.54, 1.807) is 11.8 Å². The van der Waals surface area contributed by atoms with Gasteiger partial charge in [0.1, 0.15) is 11.4 Å². The number of rotatable bonds is 4. The lowest BCUT2D eigenvalue weighted by atomic mass is 10.0. The summed E-state index contributed by atoms with van der Waals surface area (Å²) in [5.74, 6) is 0.787. The zero-order chi connectivity index (χ0) is 17.4. The van der Waals surface area contributed by atoms with E-state index in [1.165, 1.54) is 0 Å². The molecule has 1 saturated heterocycles. The first-order chi connectivity index (χ1) is 11.4. The summed E-state index contributed by atoms with van der Waals surface area (Å²) in [7, 11) is 0. The van der Waals surface area contributed by atoms with Crippen LogP contribution in [0.3, 0.4) is 0 Å². The molecule has 2 aromatic rings. The summed E-state index contributed by atoms with van der Waals surface area (Å²) in [6.45, 7) is 6.80. The number of hydrogen-bond acceptors (Lipinski definition) is 4. The molecule has 0 aliphatic carbocycles. The van der Waals surface area contributed by atoms with Crippen molar-refractivity contribution in [3.63, 3.8) is 0 Å². The number of benzene rings is 1. The standard InChI is InChI=1S/C19H24N2O3/c1-11-9-21(10-16(11)20)19(23)18-13(3)15-8-14(5-4-12(2)22)6-7-17(15)24-18/h6-8,11,16H,4-5,9-10,20H2,1-3H3. The molecule has 5 nitrogen and oxygen atoms in total. The van der Waals surface area contributed by atoms with Gasteiger partial charge in [0.25, 0.3) is 5.91 Å². The van der Waals surface area contributed by atoms with Gasteiger partial charge in [-0.3, -0.25) is 4.79 Å². The highest BCUT2D eigenvalue weighted by Crippen LogP contribution is 2.29. The van der Waals surface area contributed by atoms with Gasteiger partial charge in [0.2, 0.25) is 0 Å². The number of nitrogens with zero attached hydrogens (tertiary/aromatic N) is 1. The van der Waals surface area contributed by atoms with Crippen molar-refractivity contribution in [2.75, 3.05) is 13.1 Å². The van der Waals surface area contributed by atoms with Crippen molar-refractivity contribution in [2.45, 2.75) is 39.7 Å². The Morgan fingerprint density at radius 2 is 2.08 bits per heavy atom. The fraction of sp³-hybridized carbons (Fsp3) is 0.474. The lowest BCUT2D eigenvalue weighted by Crippen LogP contribution is -2.32. The monoisotopic (exact) mass is 328 g/mol. The third-order valence-electron chi connectivity index (χ3n) is 4.92. The molecular formula is C19H24N2O3. The maximum Gasteiger partial charge on any atom is 0.289 e. The van der Waals surface area contributed by atoms with E-state index in [-0.39, 0.29) is 17.7 Å². The SMILES string of the molecule is CC(=O)CCc1ccc2oc(C(=O)N3CC(C)C(N)C3)c(C)c2c1. The van der Waals surface area contributed by atoms with E-state index in [2.05, 4.69) is 6.92 Å². The van der Waals surface area contributed by atoms with E-state index in [0.717, 1.165) is 16.5 Å². The number of nitrogens with two attached hydrogens (primary N) is 1. The molecular weight excluding hydrogens is 304 g/mol. The Labute approximate surface area is 141 Å². The first kappa shape index (κ1) is 16.7. The van der Waals surface area contributed by atoms with Crippen LogP contribution in [0.1, 0.15) is 41.9 Å². The minimum Gasteiger partial charge on any atom is -0.451 e. The zero-order valence-electron chi connectivity index (χ0n) is 14.5. The molecule has 1 fully saturated rings. The van der Waals surface area contributed by atoms with Gasteiger partial charge in [0, 0.05) is 36.5 Å². The van der Waals surface area contributed by atoms with E-state index in [9.17, 15) is 9.59 Å². The molecule has 0 saturated carbocycles. The normalized spacial score (nSPS) is 20.8. The number of furan rings is 1. The number of fused-ring (bicyclic) bond motifs is 1. The highest BCUT2D eigenvalue weighted by Gasteiger charge is 2.32. The summed E-state index contributed by atoms with van der Waals surface area (Å²) in [4.78, 5) is 25.7. The van der Waals surface area contributed by atoms with Crippen molar-refractivity contribution < 1.29 is 14.0 Å². The average molecular weight is 328 g/mol. The van der Waals surface area contributed by atoms with E-state index in [4.69, 9.17) is 10.2 Å². The van der Waals surface area contributed by atoms with Gasteiger partial charge in [-0.15, -0.1) is 0 Å². The first-order valence-corrected chi connectivity index (χ1v) is 8.43. The molecule has 2 atom stereocenters. The van der Waals surface area contributed by atoms with Crippen LogP contribution in [0.15, 0.2) is 22.6 Å². The summed E-state index contributed by atoms with van der Waals surface area (Å²) >= 11 is 0. The lowest BCUT2D eigenvalue weighted by molar-refractivity contribution is -0.116. The molecule has 1 aliphatic heterocycles. The molecule has 128 valence electrons. The Bertz CT molecular complexity index is 783. The summed E-state index contributed by atoms with van der Waals surface area (Å²) < 4.78 is 5.83. The second-order valence-corrected chi connectivity index (χ2v) is 6.94. The van der Waals surface area contributed by atoms with Crippen LogP contribution in [0.2, 0.25) is 0 Å². The maximum absolute atomic E-state index is 12.8. The Hall–Kier alpha value is -2.14. The van der Waals surface area contributed by atoms with Gasteiger partial charge in [0.05, 0.1) is 0 Å². The summed E-state index contributed by atoms with van der Waals surface area (Å²) in [5, 5.41) is 0.941. The minimum atomic E-state index is -0.0891. The second kappa shape index (κ2) is 6.40. The van der Waals surface area contributed by atoms with Gasteiger partial charge in [-0.1, -0.05) is 13.0 Å². The number of Topliss-reactive ketones (excluding diaryl/α,β-unsaturated/α-hetero) is 1. The largest absolute Gasteiger partial charge is 0.451 e. The Morgan fingerprint density at radius 3 is 2.71 bits per heavy atom. The van der Waals surface area contributed by atoms with Crippen LogP contribution < -0.4 is 5.73 Å². The molecule has 3 rings (SSSR count). The van der Waals surface area contributed by atoms with Crippen LogP contribution in [0, 0.1) is 12.8 Å². The smallest absolute Gasteiger partial charge is 0.289 e. The number of likely N-dealkylation sites (tertiary alicyclic amines) is 1. The molecule has 1 aromatic heterocycles. The Balaban J connectivity index is 1.88. The van der Waals surface area contributed by atoms with Gasteiger partial charge in [-0.25, -0.2) is 0 Å². The Kier molecular flexibility index (Phi) is 4.45. The van der Waals surface area contributed by atoms with Crippen LogP contribution in [-0.2, 0) is 11.2 Å². The minimum absolute atomic E-state index is 0.0248. The molecule has 24 heavy (non-hydrogen) atoms. The van der Waals surface area contributed by atoms with Crippen LogP contribution >= 0.6 is 0 Å². The number of ketones is 1. The highest BCUT2D eigenvalue weighted by molar-refractivity contribution is 5.99. The predicted octanol–water partition coefficient (Wildman–Crippen LogP) is 2.68. The van der Waals surface area contributed by atoms with Gasteiger partial charge in [0.15, 0.2) is 5.76 Å². The molecule has 0 bridgehead atoms. The molecule has 1 amide bonds. The lowest BCUT2D eigenvalue weighted by Gasteiger charge is -2.14. The molecule has 0 radical (unpaired) electrons. The first-order valence-electron chi connectivity index (χ1n) is 8.43. The van der Waals surface area contributed by atoms with Crippen LogP contribution in [0.4, 0.5) is 0 Å². The van der Waals surface area contributed by atoms with Crippen molar-refractivity contribution in [1.29, 1.82) is 0 Å². The second-order valence-electron chi connectivity index (χ2n) is 6.94. The predicted molar refractivity (Wildman–Crippen MR) is 93.0 cm³/mol. The summed E-state index contributed by atoms with van der Waals surface area (Å²) in [6.07, 6.45) is 1.23. The van der Waals surface area contributed by atoms with E-state index in [1.807, 2.05) is 25.1 Å². The fourth-order valence-electron chi connectivity index (χ4n) is 3.25. The molecule has 1 aliphatic rings. The fourth-order valence-corrected chi connectivity index (χ4v) is 3.25. The number of carbonyl (C=O) groups excluding carboxylic acids is 2. The number of aryl methyl sites for hydroxylation is 2. The van der Waals surface area contributed by atoms with Crippen LogP contribution in [0.25, 0.3) is 11.0 Å². The van der Waals surface area contributed by atoms with Crippen LogP contribution in [-0.4, -0.2) is 35.7 Å². The van der Waals surface area contributed by atoms with Gasteiger partial charge < -0.3 is 19.8 Å². The molecule has 2 heterocycles. The molecule has 2 unspecified atom stereocenters. The van der Waals surface area contributed by atoms with Gasteiger partial charge in [-0.05, 0) is 43.9 Å². The molecule has 0 spiro atoms. The molecule has 5 heteroatoms. The summed E-state index contributed by atoms with van der Waals surface area (Å²) in [5.41, 5.74) is 8.67. The van der Waals surface area contributed by atoms with Crippen molar-refractivity contribution in [2.24, 2.45) is 11.7 Å². The van der Waals surface area contributed by atoms with Crippen molar-refractivity contribution in [3.05, 3.63) is 35.1 Å². The highest BCUT2D eigenvalue weighted by atomic mass is 16.3. The zero-order valence-corrected chi connectivity index (χ0v) is 14.5. The maximum atomic E-state index is 12.8. The molecule has 1 aromatic carbocycles.